The number of amides is 1. The van der Waals surface area contributed by atoms with Crippen LogP contribution in [0.3, 0.4) is 0 Å². The second-order valence-electron chi connectivity index (χ2n) is 5.06. The molecule has 1 aliphatic heterocycles. The molecule has 0 unspecified atom stereocenters. The van der Waals surface area contributed by atoms with Gasteiger partial charge in [-0.2, -0.15) is 0 Å². The Morgan fingerprint density at radius 3 is 2.78 bits per heavy atom. The van der Waals surface area contributed by atoms with Crippen molar-refractivity contribution in [1.29, 1.82) is 0 Å². The number of aryl methyl sites for hydroxylation is 1. The van der Waals surface area contributed by atoms with Gasteiger partial charge in [-0.15, -0.1) is 0 Å². The number of ether oxygens (including phenoxy) is 1. The molecule has 116 valence electrons. The summed E-state index contributed by atoms with van der Waals surface area (Å²) in [4.78, 5) is 17.2. The maximum Gasteiger partial charge on any atom is 0.264 e. The van der Waals surface area contributed by atoms with Crippen molar-refractivity contribution in [2.24, 2.45) is 4.99 Å². The normalized spacial score (nSPS) is 17.6. The minimum absolute atomic E-state index is 0.146. The van der Waals surface area contributed by atoms with E-state index in [-0.39, 0.29) is 5.91 Å². The predicted octanol–water partition coefficient (Wildman–Crippen LogP) is 3.90. The highest BCUT2D eigenvalue weighted by molar-refractivity contribution is 8.18. The Morgan fingerprint density at radius 1 is 1.17 bits per heavy atom. The summed E-state index contributed by atoms with van der Waals surface area (Å²) in [5.41, 5.74) is 2.82. The van der Waals surface area contributed by atoms with Crippen molar-refractivity contribution in [2.75, 3.05) is 7.11 Å². The molecule has 0 saturated carbocycles. The molecule has 0 aliphatic carbocycles. The Hall–Kier alpha value is -2.53. The zero-order valence-corrected chi connectivity index (χ0v) is 13.7. The first-order chi connectivity index (χ1) is 11.2. The molecule has 23 heavy (non-hydrogen) atoms. The van der Waals surface area contributed by atoms with E-state index >= 15 is 0 Å². The molecule has 5 heteroatoms. The molecule has 1 heterocycles. The number of carbonyl (C=O) groups excluding carboxylic acids is 1. The Kier molecular flexibility index (Phi) is 4.48. The highest BCUT2D eigenvalue weighted by atomic mass is 32.2. The third-order valence-electron chi connectivity index (χ3n) is 3.31. The largest absolute Gasteiger partial charge is 0.496 e. The maximum atomic E-state index is 12.1. The van der Waals surface area contributed by atoms with Gasteiger partial charge in [0.1, 0.15) is 5.75 Å². The molecule has 1 amide bonds. The fraction of sp³-hybridized carbons (Fsp3) is 0.111. The van der Waals surface area contributed by atoms with E-state index in [0.717, 1.165) is 22.6 Å². The topological polar surface area (TPSA) is 50.7 Å². The van der Waals surface area contributed by atoms with Crippen molar-refractivity contribution in [1.82, 2.24) is 5.32 Å². The summed E-state index contributed by atoms with van der Waals surface area (Å²) in [7, 11) is 1.61. The predicted molar refractivity (Wildman–Crippen MR) is 95.0 cm³/mol. The Morgan fingerprint density at radius 2 is 2.00 bits per heavy atom. The van der Waals surface area contributed by atoms with E-state index in [9.17, 15) is 4.79 Å². The van der Waals surface area contributed by atoms with Crippen molar-refractivity contribution < 1.29 is 9.53 Å². The van der Waals surface area contributed by atoms with E-state index in [1.54, 1.807) is 7.11 Å². The molecule has 0 aromatic heterocycles. The summed E-state index contributed by atoms with van der Waals surface area (Å²) < 4.78 is 5.31. The van der Waals surface area contributed by atoms with E-state index in [4.69, 9.17) is 4.74 Å². The van der Waals surface area contributed by atoms with Crippen molar-refractivity contribution in [3.05, 3.63) is 64.6 Å². The second kappa shape index (κ2) is 6.71. The van der Waals surface area contributed by atoms with Crippen molar-refractivity contribution in [3.63, 3.8) is 0 Å². The lowest BCUT2D eigenvalue weighted by Crippen LogP contribution is -2.19. The lowest BCUT2D eigenvalue weighted by Gasteiger charge is -2.03. The number of rotatable bonds is 3. The molecule has 0 radical (unpaired) electrons. The summed E-state index contributed by atoms with van der Waals surface area (Å²) in [5, 5.41) is 3.38. The van der Waals surface area contributed by atoms with Crippen LogP contribution in [0, 0.1) is 6.92 Å². The average molecular weight is 324 g/mol. The standard InChI is InChI=1S/C18H16N2O2S/c1-12-6-5-8-14(10-12)19-18-20-17(21)16(23-18)11-13-7-3-4-9-15(13)22-2/h3-11H,1-2H3,(H,19,20,21). The van der Waals surface area contributed by atoms with Gasteiger partial charge in [-0.1, -0.05) is 30.3 Å². The Bertz CT molecular complexity index is 812. The molecule has 2 aromatic rings. The molecule has 1 N–H and O–H groups in total. The van der Waals surface area contributed by atoms with Crippen LogP contribution in [0.25, 0.3) is 6.08 Å². The molecule has 3 rings (SSSR count). The molecular formula is C18H16N2O2S. The Labute approximate surface area is 139 Å². The van der Waals surface area contributed by atoms with Crippen LogP contribution >= 0.6 is 11.8 Å². The monoisotopic (exact) mass is 324 g/mol. The summed E-state index contributed by atoms with van der Waals surface area (Å²) in [6, 6.07) is 15.4. The van der Waals surface area contributed by atoms with Crippen LogP contribution in [-0.2, 0) is 4.79 Å². The number of nitrogens with zero attached hydrogens (tertiary/aromatic N) is 1. The minimum atomic E-state index is -0.146. The van der Waals surface area contributed by atoms with Gasteiger partial charge in [0.2, 0.25) is 0 Å². The lowest BCUT2D eigenvalue weighted by molar-refractivity contribution is -0.115. The van der Waals surface area contributed by atoms with Crippen LogP contribution in [0.1, 0.15) is 11.1 Å². The highest BCUT2D eigenvalue weighted by Gasteiger charge is 2.24. The fourth-order valence-electron chi connectivity index (χ4n) is 2.22. The molecular weight excluding hydrogens is 308 g/mol. The molecule has 0 bridgehead atoms. The molecule has 0 atom stereocenters. The molecule has 1 fully saturated rings. The number of methoxy groups -OCH3 is 1. The molecule has 4 nitrogen and oxygen atoms in total. The highest BCUT2D eigenvalue weighted by Crippen LogP contribution is 2.30. The summed E-state index contributed by atoms with van der Waals surface area (Å²) in [5.74, 6) is 0.588. The molecule has 2 aromatic carbocycles. The minimum Gasteiger partial charge on any atom is -0.496 e. The van der Waals surface area contributed by atoms with E-state index < -0.39 is 0 Å². The van der Waals surface area contributed by atoms with Crippen LogP contribution in [0.4, 0.5) is 5.69 Å². The van der Waals surface area contributed by atoms with Crippen LogP contribution in [0.5, 0.6) is 5.75 Å². The fourth-order valence-corrected chi connectivity index (χ4v) is 3.05. The van der Waals surface area contributed by atoms with Gasteiger partial charge < -0.3 is 10.1 Å². The second-order valence-corrected chi connectivity index (χ2v) is 6.09. The molecule has 1 saturated heterocycles. The van der Waals surface area contributed by atoms with Crippen molar-refractivity contribution in [2.45, 2.75) is 6.92 Å². The maximum absolute atomic E-state index is 12.1. The third kappa shape index (κ3) is 3.63. The zero-order chi connectivity index (χ0) is 16.2. The van der Waals surface area contributed by atoms with Crippen LogP contribution in [0.2, 0.25) is 0 Å². The van der Waals surface area contributed by atoms with Gasteiger partial charge in [-0.05, 0) is 48.5 Å². The first-order valence-electron chi connectivity index (χ1n) is 7.15. The van der Waals surface area contributed by atoms with E-state index in [2.05, 4.69) is 10.3 Å². The van der Waals surface area contributed by atoms with Gasteiger partial charge in [0.15, 0.2) is 5.17 Å². The van der Waals surface area contributed by atoms with Gasteiger partial charge >= 0.3 is 0 Å². The molecule has 1 aliphatic rings. The van der Waals surface area contributed by atoms with Gasteiger partial charge in [0.25, 0.3) is 5.91 Å². The quantitative estimate of drug-likeness (QED) is 0.871. The number of para-hydroxylation sites is 1. The van der Waals surface area contributed by atoms with Crippen molar-refractivity contribution >= 4 is 34.6 Å². The van der Waals surface area contributed by atoms with Gasteiger partial charge in [-0.3, -0.25) is 4.79 Å². The summed E-state index contributed by atoms with van der Waals surface area (Å²) in [6.45, 7) is 2.01. The summed E-state index contributed by atoms with van der Waals surface area (Å²) in [6.07, 6.45) is 1.82. The van der Waals surface area contributed by atoms with E-state index in [1.165, 1.54) is 11.8 Å². The number of aliphatic imine (C=N–C) groups is 1. The molecule has 0 spiro atoms. The Balaban J connectivity index is 1.86. The van der Waals surface area contributed by atoms with E-state index in [1.807, 2.05) is 61.5 Å². The van der Waals surface area contributed by atoms with Crippen molar-refractivity contribution in [3.8, 4) is 5.75 Å². The third-order valence-corrected chi connectivity index (χ3v) is 4.22. The van der Waals surface area contributed by atoms with Crippen LogP contribution < -0.4 is 10.1 Å². The summed E-state index contributed by atoms with van der Waals surface area (Å²) >= 11 is 1.33. The van der Waals surface area contributed by atoms with Crippen LogP contribution in [0.15, 0.2) is 58.4 Å². The number of amidine groups is 1. The number of nitrogens with one attached hydrogen (secondary N) is 1. The van der Waals surface area contributed by atoms with Crippen LogP contribution in [-0.4, -0.2) is 18.2 Å². The first kappa shape index (κ1) is 15.4. The van der Waals surface area contributed by atoms with Gasteiger partial charge in [0, 0.05) is 5.56 Å². The number of benzene rings is 2. The smallest absolute Gasteiger partial charge is 0.264 e. The van der Waals surface area contributed by atoms with Gasteiger partial charge in [0.05, 0.1) is 17.7 Å². The lowest BCUT2D eigenvalue weighted by atomic mass is 10.2. The van der Waals surface area contributed by atoms with E-state index in [0.29, 0.717) is 10.1 Å². The first-order valence-corrected chi connectivity index (χ1v) is 7.96. The van der Waals surface area contributed by atoms with Gasteiger partial charge in [-0.25, -0.2) is 4.99 Å². The number of thioether (sulfide) groups is 1. The SMILES string of the molecule is COc1ccccc1C=C1SC(=Nc2cccc(C)c2)NC1=O. The number of carbonyl (C=O) groups is 1. The number of hydrogen-bond donors (Lipinski definition) is 1. The number of hydrogen-bond acceptors (Lipinski definition) is 4. The average Bonchev–Trinajstić information content (AvgIpc) is 2.87. The zero-order valence-electron chi connectivity index (χ0n) is 12.9.